The number of hydrogen-bond donors (Lipinski definition) is 2. The van der Waals surface area contributed by atoms with Crippen LogP contribution in [0, 0.1) is 0 Å². The van der Waals surface area contributed by atoms with Gasteiger partial charge in [0.2, 0.25) is 5.91 Å². The Balaban J connectivity index is 2.06. The Hall–Kier alpha value is -2.57. The Bertz CT molecular complexity index is 670. The summed E-state index contributed by atoms with van der Waals surface area (Å²) in [5, 5.41) is 2.53. The molecule has 1 aromatic heterocycles. The number of ether oxygens (including phenoxy) is 1. The van der Waals surface area contributed by atoms with Gasteiger partial charge >= 0.3 is 11.7 Å². The number of benzene rings is 1. The van der Waals surface area contributed by atoms with Gasteiger partial charge in [0.1, 0.15) is 6.42 Å². The van der Waals surface area contributed by atoms with Crippen LogP contribution in [0.5, 0.6) is 0 Å². The minimum atomic E-state index is -0.585. The average molecular weight is 264 g/mol. The van der Waals surface area contributed by atoms with Crippen LogP contribution in [0.25, 0.3) is 11.1 Å². The molecule has 0 spiro atoms. The maximum atomic E-state index is 11.5. The number of carbonyl (C=O) groups excluding carboxylic acids is 2. The molecule has 0 aliphatic carbocycles. The molecule has 7 nitrogen and oxygen atoms in total. The Morgan fingerprint density at radius 1 is 1.42 bits per heavy atom. The first-order valence-electron chi connectivity index (χ1n) is 5.67. The third kappa shape index (κ3) is 3.21. The highest BCUT2D eigenvalue weighted by Crippen LogP contribution is 2.16. The number of esters is 1. The lowest BCUT2D eigenvalue weighted by molar-refractivity contribution is -0.145. The van der Waals surface area contributed by atoms with Gasteiger partial charge in [-0.25, -0.2) is 4.79 Å². The van der Waals surface area contributed by atoms with Gasteiger partial charge in [-0.1, -0.05) is 0 Å². The van der Waals surface area contributed by atoms with Crippen LogP contribution in [-0.2, 0) is 14.3 Å². The number of oxazole rings is 1. The van der Waals surface area contributed by atoms with Crippen LogP contribution >= 0.6 is 0 Å². The van der Waals surface area contributed by atoms with Gasteiger partial charge < -0.3 is 14.5 Å². The van der Waals surface area contributed by atoms with Gasteiger partial charge in [0.05, 0.1) is 12.1 Å². The first-order chi connectivity index (χ1) is 9.08. The van der Waals surface area contributed by atoms with Crippen LogP contribution in [0.1, 0.15) is 13.3 Å². The topological polar surface area (TPSA) is 101 Å². The Morgan fingerprint density at radius 2 is 2.21 bits per heavy atom. The van der Waals surface area contributed by atoms with Crippen LogP contribution in [0.2, 0.25) is 0 Å². The number of nitrogens with one attached hydrogen (secondary N) is 2. The molecule has 0 bridgehead atoms. The second-order valence-electron chi connectivity index (χ2n) is 3.76. The molecule has 0 saturated heterocycles. The highest BCUT2D eigenvalue weighted by Gasteiger charge is 2.11. The minimum Gasteiger partial charge on any atom is -0.466 e. The molecule has 1 heterocycles. The fraction of sp³-hybridized carbons (Fsp3) is 0.250. The van der Waals surface area contributed by atoms with Gasteiger partial charge in [0.25, 0.3) is 0 Å². The Morgan fingerprint density at radius 3 is 2.95 bits per heavy atom. The molecule has 1 amide bonds. The molecular formula is C12H12N2O5. The highest BCUT2D eigenvalue weighted by atomic mass is 16.5. The number of fused-ring (bicyclic) bond motifs is 1. The predicted molar refractivity (Wildman–Crippen MR) is 66.7 cm³/mol. The second kappa shape index (κ2) is 5.38. The zero-order chi connectivity index (χ0) is 13.8. The molecule has 0 unspecified atom stereocenters. The zero-order valence-electron chi connectivity index (χ0n) is 10.2. The van der Waals surface area contributed by atoms with E-state index in [1.54, 1.807) is 25.1 Å². The fourth-order valence-corrected chi connectivity index (χ4v) is 1.58. The van der Waals surface area contributed by atoms with E-state index in [1.807, 2.05) is 0 Å². The summed E-state index contributed by atoms with van der Waals surface area (Å²) < 4.78 is 9.49. The number of anilines is 1. The van der Waals surface area contributed by atoms with Crippen LogP contribution in [0.4, 0.5) is 5.69 Å². The van der Waals surface area contributed by atoms with E-state index in [0.717, 1.165) is 0 Å². The molecule has 7 heteroatoms. The van der Waals surface area contributed by atoms with Crippen molar-refractivity contribution in [2.75, 3.05) is 11.9 Å². The number of carbonyl (C=O) groups is 2. The van der Waals surface area contributed by atoms with E-state index in [4.69, 9.17) is 4.42 Å². The number of rotatable bonds is 4. The average Bonchev–Trinajstić information content (AvgIpc) is 2.68. The first kappa shape index (κ1) is 12.9. The van der Waals surface area contributed by atoms with Crippen molar-refractivity contribution < 1.29 is 18.7 Å². The standard InChI is InChI=1S/C12H12N2O5/c1-2-18-11(16)6-10(15)13-7-3-4-9-8(5-7)14-12(17)19-9/h3-5H,2,6H2,1H3,(H,13,15)(H,14,17). The summed E-state index contributed by atoms with van der Waals surface area (Å²) in [6.45, 7) is 1.90. The van der Waals surface area contributed by atoms with Crippen LogP contribution in [0.3, 0.4) is 0 Å². The van der Waals surface area contributed by atoms with Crippen molar-refractivity contribution in [2.45, 2.75) is 13.3 Å². The van der Waals surface area contributed by atoms with E-state index >= 15 is 0 Å². The number of amides is 1. The smallest absolute Gasteiger partial charge is 0.417 e. The lowest BCUT2D eigenvalue weighted by Gasteiger charge is -2.04. The third-order valence-electron chi connectivity index (χ3n) is 2.31. The number of aromatic amines is 1. The van der Waals surface area contributed by atoms with Crippen LogP contribution in [0.15, 0.2) is 27.4 Å². The summed E-state index contributed by atoms with van der Waals surface area (Å²) in [6.07, 6.45) is -0.353. The maximum absolute atomic E-state index is 11.5. The molecule has 1 aromatic carbocycles. The monoisotopic (exact) mass is 264 g/mol. The van der Waals surface area contributed by atoms with Crippen molar-refractivity contribution in [1.82, 2.24) is 4.98 Å². The van der Waals surface area contributed by atoms with E-state index in [1.165, 1.54) is 0 Å². The van der Waals surface area contributed by atoms with E-state index in [-0.39, 0.29) is 13.0 Å². The molecular weight excluding hydrogens is 252 g/mol. The Kier molecular flexibility index (Phi) is 3.65. The molecule has 0 fully saturated rings. The normalized spacial score (nSPS) is 10.4. The van der Waals surface area contributed by atoms with Gasteiger partial charge in [0.15, 0.2) is 5.58 Å². The predicted octanol–water partition coefficient (Wildman–Crippen LogP) is 1.01. The zero-order valence-corrected chi connectivity index (χ0v) is 10.2. The summed E-state index contributed by atoms with van der Waals surface area (Å²) in [4.78, 5) is 36.1. The van der Waals surface area contributed by atoms with Crippen molar-refractivity contribution in [3.63, 3.8) is 0 Å². The molecule has 2 N–H and O–H groups in total. The van der Waals surface area contributed by atoms with Crippen LogP contribution in [-0.4, -0.2) is 23.5 Å². The van der Waals surface area contributed by atoms with Crippen LogP contribution < -0.4 is 11.1 Å². The van der Waals surface area contributed by atoms with Gasteiger partial charge in [-0.2, -0.15) is 0 Å². The molecule has 2 aromatic rings. The van der Waals surface area contributed by atoms with E-state index in [2.05, 4.69) is 15.0 Å². The lowest BCUT2D eigenvalue weighted by atomic mass is 10.2. The molecule has 0 radical (unpaired) electrons. The minimum absolute atomic E-state index is 0.230. The van der Waals surface area contributed by atoms with E-state index in [9.17, 15) is 14.4 Å². The summed E-state index contributed by atoms with van der Waals surface area (Å²) in [7, 11) is 0. The second-order valence-corrected chi connectivity index (χ2v) is 3.76. The molecule has 100 valence electrons. The Labute approximate surface area is 107 Å². The highest BCUT2D eigenvalue weighted by molar-refractivity contribution is 6.02. The summed E-state index contributed by atoms with van der Waals surface area (Å²) in [6, 6.07) is 4.67. The molecule has 19 heavy (non-hydrogen) atoms. The molecule has 0 saturated carbocycles. The van der Waals surface area contributed by atoms with Gasteiger partial charge in [-0.3, -0.25) is 14.6 Å². The molecule has 0 atom stereocenters. The van der Waals surface area contributed by atoms with Crippen molar-refractivity contribution in [1.29, 1.82) is 0 Å². The molecule has 0 aliphatic rings. The van der Waals surface area contributed by atoms with E-state index < -0.39 is 17.6 Å². The number of H-pyrrole nitrogens is 1. The van der Waals surface area contributed by atoms with Gasteiger partial charge in [0, 0.05) is 5.69 Å². The number of aromatic nitrogens is 1. The SMILES string of the molecule is CCOC(=O)CC(=O)Nc1ccc2oc(=O)[nH]c2c1. The van der Waals surface area contributed by atoms with Gasteiger partial charge in [-0.15, -0.1) is 0 Å². The van der Waals surface area contributed by atoms with Gasteiger partial charge in [-0.05, 0) is 25.1 Å². The largest absolute Gasteiger partial charge is 0.466 e. The number of hydrogen-bond acceptors (Lipinski definition) is 5. The summed E-state index contributed by atoms with van der Waals surface area (Å²) >= 11 is 0. The van der Waals surface area contributed by atoms with Crippen molar-refractivity contribution in [3.05, 3.63) is 28.7 Å². The van der Waals surface area contributed by atoms with Crippen molar-refractivity contribution in [2.24, 2.45) is 0 Å². The quantitative estimate of drug-likeness (QED) is 0.634. The summed E-state index contributed by atoms with van der Waals surface area (Å²) in [5.74, 6) is -1.63. The first-order valence-corrected chi connectivity index (χ1v) is 5.67. The lowest BCUT2D eigenvalue weighted by Crippen LogP contribution is -2.18. The molecule has 2 rings (SSSR count). The van der Waals surface area contributed by atoms with Crippen molar-refractivity contribution >= 4 is 28.7 Å². The maximum Gasteiger partial charge on any atom is 0.417 e. The summed E-state index contributed by atoms with van der Waals surface area (Å²) in [5.41, 5.74) is 1.33. The van der Waals surface area contributed by atoms with Crippen molar-refractivity contribution in [3.8, 4) is 0 Å². The third-order valence-corrected chi connectivity index (χ3v) is 2.31. The molecule has 0 aliphatic heterocycles. The van der Waals surface area contributed by atoms with E-state index in [0.29, 0.717) is 16.8 Å². The fourth-order valence-electron chi connectivity index (χ4n) is 1.58.